The maximum Gasteiger partial charge on any atom is 0.145 e. The van der Waals surface area contributed by atoms with Crippen molar-refractivity contribution in [3.8, 4) is 16.8 Å². The molecule has 0 bridgehead atoms. The SMILES string of the molecule is Clc1c(N(c2ccccc2-c2ccccc2)c2coc3ccccc23)cccc1-n1c2ccccc2c2cccnc21. The van der Waals surface area contributed by atoms with Crippen LogP contribution in [0.3, 0.4) is 0 Å². The van der Waals surface area contributed by atoms with E-state index in [0.29, 0.717) is 5.02 Å². The molecule has 0 unspecified atom stereocenters. The Morgan fingerprint density at radius 3 is 2.21 bits per heavy atom. The highest BCUT2D eigenvalue weighted by molar-refractivity contribution is 6.36. The standard InChI is InChI=1S/C37H24ClN3O/c38-36-32(20-10-21-33(36)41-31-19-8-5-15-27(31)28-17-11-23-39-37(28)41)40(34-24-42-35-22-9-6-16-29(34)35)30-18-7-4-14-26(30)25-12-2-1-3-13-25/h1-24H. The van der Waals surface area contributed by atoms with E-state index in [1.807, 2.05) is 42.8 Å². The molecule has 0 aliphatic rings. The summed E-state index contributed by atoms with van der Waals surface area (Å²) in [6.07, 6.45) is 3.65. The summed E-state index contributed by atoms with van der Waals surface area (Å²) in [5, 5.41) is 3.83. The van der Waals surface area contributed by atoms with Crippen molar-refractivity contribution in [3.05, 3.63) is 151 Å². The molecule has 5 aromatic carbocycles. The van der Waals surface area contributed by atoms with Crippen LogP contribution in [0.4, 0.5) is 17.1 Å². The number of aromatic nitrogens is 2. The Labute approximate surface area is 247 Å². The number of hydrogen-bond acceptors (Lipinski definition) is 3. The zero-order valence-electron chi connectivity index (χ0n) is 22.5. The number of pyridine rings is 1. The van der Waals surface area contributed by atoms with E-state index in [1.165, 1.54) is 0 Å². The molecular formula is C37H24ClN3O. The molecule has 200 valence electrons. The number of furan rings is 1. The highest BCUT2D eigenvalue weighted by Crippen LogP contribution is 2.48. The predicted molar refractivity (Wildman–Crippen MR) is 173 cm³/mol. The average Bonchev–Trinajstić information content (AvgIpc) is 3.62. The van der Waals surface area contributed by atoms with Gasteiger partial charge >= 0.3 is 0 Å². The first-order valence-corrected chi connectivity index (χ1v) is 14.2. The quantitative estimate of drug-likeness (QED) is 0.209. The normalized spacial score (nSPS) is 11.5. The number of fused-ring (bicyclic) bond motifs is 4. The van der Waals surface area contributed by atoms with Crippen molar-refractivity contribution in [2.24, 2.45) is 0 Å². The van der Waals surface area contributed by atoms with E-state index in [4.69, 9.17) is 21.0 Å². The predicted octanol–water partition coefficient (Wildman–Crippen LogP) is 10.7. The maximum absolute atomic E-state index is 7.49. The third kappa shape index (κ3) is 3.80. The fraction of sp³-hybridized carbons (Fsp3) is 0. The Balaban J connectivity index is 1.43. The molecule has 0 fully saturated rings. The number of hydrogen-bond donors (Lipinski definition) is 0. The summed E-state index contributed by atoms with van der Waals surface area (Å²) in [6, 6.07) is 45.5. The van der Waals surface area contributed by atoms with Gasteiger partial charge in [-0.25, -0.2) is 4.98 Å². The summed E-state index contributed by atoms with van der Waals surface area (Å²) in [7, 11) is 0. The molecular weight excluding hydrogens is 538 g/mol. The molecule has 0 aliphatic carbocycles. The van der Waals surface area contributed by atoms with Gasteiger partial charge < -0.3 is 9.32 Å². The van der Waals surface area contributed by atoms with Gasteiger partial charge in [0.2, 0.25) is 0 Å². The summed E-state index contributed by atoms with van der Waals surface area (Å²) >= 11 is 7.49. The fourth-order valence-corrected chi connectivity index (χ4v) is 6.24. The number of nitrogens with zero attached hydrogens (tertiary/aromatic N) is 3. The summed E-state index contributed by atoms with van der Waals surface area (Å²) < 4.78 is 8.23. The number of benzene rings is 5. The zero-order valence-corrected chi connectivity index (χ0v) is 23.2. The highest BCUT2D eigenvalue weighted by atomic mass is 35.5. The zero-order chi connectivity index (χ0) is 28.0. The summed E-state index contributed by atoms with van der Waals surface area (Å²) in [4.78, 5) is 7.00. The molecule has 0 N–H and O–H groups in total. The lowest BCUT2D eigenvalue weighted by atomic mass is 10.0. The van der Waals surface area contributed by atoms with Crippen LogP contribution < -0.4 is 4.90 Å². The first-order valence-electron chi connectivity index (χ1n) is 13.8. The minimum Gasteiger partial charge on any atom is -0.462 e. The lowest BCUT2D eigenvalue weighted by molar-refractivity contribution is 0.616. The number of halogens is 1. The number of para-hydroxylation sites is 3. The van der Waals surface area contributed by atoms with Gasteiger partial charge in [-0.2, -0.15) is 0 Å². The van der Waals surface area contributed by atoms with Crippen molar-refractivity contribution < 1.29 is 4.42 Å². The number of rotatable bonds is 5. The Morgan fingerprint density at radius 2 is 1.31 bits per heavy atom. The minimum atomic E-state index is 0.610. The molecule has 3 aromatic heterocycles. The Hall–Kier alpha value is -5.32. The van der Waals surface area contributed by atoms with Crippen molar-refractivity contribution in [1.29, 1.82) is 0 Å². The third-order valence-electron chi connectivity index (χ3n) is 7.80. The maximum atomic E-state index is 7.49. The Morgan fingerprint density at radius 1 is 0.595 bits per heavy atom. The first kappa shape index (κ1) is 24.5. The van der Waals surface area contributed by atoms with E-state index in [9.17, 15) is 0 Å². The minimum absolute atomic E-state index is 0.610. The van der Waals surface area contributed by atoms with Crippen LogP contribution in [0.1, 0.15) is 0 Å². The second-order valence-electron chi connectivity index (χ2n) is 10.2. The van der Waals surface area contributed by atoms with Crippen LogP contribution in [0.2, 0.25) is 5.02 Å². The van der Waals surface area contributed by atoms with E-state index >= 15 is 0 Å². The topological polar surface area (TPSA) is 34.2 Å². The molecule has 8 rings (SSSR count). The van der Waals surface area contributed by atoms with E-state index in [2.05, 4.69) is 113 Å². The number of anilines is 3. The molecule has 0 aliphatic heterocycles. The average molecular weight is 562 g/mol. The fourth-order valence-electron chi connectivity index (χ4n) is 5.95. The Kier molecular flexibility index (Phi) is 5.80. The first-order chi connectivity index (χ1) is 20.8. The van der Waals surface area contributed by atoms with Crippen LogP contribution >= 0.6 is 11.6 Å². The second-order valence-corrected chi connectivity index (χ2v) is 10.6. The molecule has 0 atom stereocenters. The van der Waals surface area contributed by atoms with Gasteiger partial charge in [0.15, 0.2) is 0 Å². The third-order valence-corrected chi connectivity index (χ3v) is 8.19. The van der Waals surface area contributed by atoms with Crippen molar-refractivity contribution in [3.63, 3.8) is 0 Å². The van der Waals surface area contributed by atoms with Crippen LogP contribution in [0.25, 0.3) is 49.7 Å². The largest absolute Gasteiger partial charge is 0.462 e. The summed E-state index contributed by atoms with van der Waals surface area (Å²) in [6.45, 7) is 0. The molecule has 8 aromatic rings. The molecule has 4 nitrogen and oxygen atoms in total. The van der Waals surface area contributed by atoms with Crippen molar-refractivity contribution in [2.75, 3.05) is 4.90 Å². The van der Waals surface area contributed by atoms with E-state index in [0.717, 1.165) is 66.8 Å². The monoisotopic (exact) mass is 561 g/mol. The smallest absolute Gasteiger partial charge is 0.145 e. The van der Waals surface area contributed by atoms with Crippen molar-refractivity contribution >= 4 is 61.6 Å². The Bertz CT molecular complexity index is 2180. The van der Waals surface area contributed by atoms with Gasteiger partial charge in [0.1, 0.15) is 17.5 Å². The van der Waals surface area contributed by atoms with Crippen LogP contribution in [0, 0.1) is 0 Å². The van der Waals surface area contributed by atoms with Gasteiger partial charge in [0.05, 0.1) is 33.3 Å². The van der Waals surface area contributed by atoms with Gasteiger partial charge in [-0.3, -0.25) is 4.57 Å². The van der Waals surface area contributed by atoms with Crippen LogP contribution in [0.5, 0.6) is 0 Å². The van der Waals surface area contributed by atoms with Crippen LogP contribution in [0.15, 0.2) is 150 Å². The van der Waals surface area contributed by atoms with Crippen molar-refractivity contribution in [1.82, 2.24) is 9.55 Å². The second kappa shape index (κ2) is 9.95. The summed E-state index contributed by atoms with van der Waals surface area (Å²) in [5.74, 6) is 0. The van der Waals surface area contributed by atoms with Crippen LogP contribution in [-0.2, 0) is 0 Å². The highest BCUT2D eigenvalue weighted by Gasteiger charge is 2.25. The summed E-state index contributed by atoms with van der Waals surface area (Å²) in [5.41, 5.74) is 8.53. The van der Waals surface area contributed by atoms with Crippen molar-refractivity contribution in [2.45, 2.75) is 0 Å². The van der Waals surface area contributed by atoms with Gasteiger partial charge in [0, 0.05) is 27.9 Å². The van der Waals surface area contributed by atoms with Gasteiger partial charge in [-0.05, 0) is 54.1 Å². The van der Waals surface area contributed by atoms with E-state index in [1.54, 1.807) is 0 Å². The van der Waals surface area contributed by atoms with Gasteiger partial charge in [-0.1, -0.05) is 96.5 Å². The van der Waals surface area contributed by atoms with Gasteiger partial charge in [-0.15, -0.1) is 0 Å². The molecule has 0 saturated heterocycles. The van der Waals surface area contributed by atoms with E-state index < -0.39 is 0 Å². The lowest BCUT2D eigenvalue weighted by Gasteiger charge is -2.28. The van der Waals surface area contributed by atoms with E-state index in [-0.39, 0.29) is 0 Å². The molecule has 5 heteroatoms. The van der Waals surface area contributed by atoms with Crippen LogP contribution in [-0.4, -0.2) is 9.55 Å². The molecule has 0 radical (unpaired) electrons. The molecule has 0 spiro atoms. The molecule has 3 heterocycles. The van der Waals surface area contributed by atoms with Gasteiger partial charge in [0.25, 0.3) is 0 Å². The molecule has 42 heavy (non-hydrogen) atoms. The molecule has 0 saturated carbocycles. The molecule has 0 amide bonds. The lowest BCUT2D eigenvalue weighted by Crippen LogP contribution is -2.12.